The number of aliphatic carboxylic acids is 1. The van der Waals surface area contributed by atoms with Crippen LogP contribution in [0.3, 0.4) is 0 Å². The molecule has 1 unspecified atom stereocenters. The summed E-state index contributed by atoms with van der Waals surface area (Å²) in [5.74, 6) is -2.39. The molecular formula is C44H82NO10P. The maximum absolute atomic E-state index is 12.6. The van der Waals surface area contributed by atoms with E-state index < -0.39 is 51.1 Å². The minimum Gasteiger partial charge on any atom is -0.480 e. The van der Waals surface area contributed by atoms with Crippen molar-refractivity contribution in [1.29, 1.82) is 0 Å². The summed E-state index contributed by atoms with van der Waals surface area (Å²) < 4.78 is 32.7. The summed E-state index contributed by atoms with van der Waals surface area (Å²) in [6, 6.07) is -1.52. The van der Waals surface area contributed by atoms with E-state index in [-0.39, 0.29) is 19.4 Å². The third-order valence-corrected chi connectivity index (χ3v) is 10.6. The van der Waals surface area contributed by atoms with Gasteiger partial charge in [-0.2, -0.15) is 0 Å². The molecule has 0 radical (unpaired) electrons. The molecule has 0 spiro atoms. The Hall–Kier alpha value is -2.04. The second kappa shape index (κ2) is 39.8. The van der Waals surface area contributed by atoms with Crippen LogP contribution in [0.1, 0.15) is 206 Å². The van der Waals surface area contributed by atoms with Crippen molar-refractivity contribution >= 4 is 25.7 Å². The van der Waals surface area contributed by atoms with Crippen LogP contribution in [-0.2, 0) is 37.5 Å². The molecule has 0 saturated heterocycles. The minimum atomic E-state index is -4.72. The smallest absolute Gasteiger partial charge is 0.472 e. The molecule has 0 aromatic carbocycles. The van der Waals surface area contributed by atoms with Crippen molar-refractivity contribution < 1.29 is 47.5 Å². The Morgan fingerprint density at radius 3 is 1.34 bits per heavy atom. The Kier molecular flexibility index (Phi) is 38.3. The zero-order valence-electron chi connectivity index (χ0n) is 35.5. The number of nitrogens with two attached hydrogens (primary N) is 1. The summed E-state index contributed by atoms with van der Waals surface area (Å²) in [6.07, 6.45) is 41.0. The first-order valence-electron chi connectivity index (χ1n) is 22.4. The average Bonchev–Trinajstić information content (AvgIpc) is 3.17. The van der Waals surface area contributed by atoms with Crippen LogP contribution < -0.4 is 5.73 Å². The van der Waals surface area contributed by atoms with Gasteiger partial charge >= 0.3 is 25.7 Å². The maximum atomic E-state index is 12.6. The van der Waals surface area contributed by atoms with Gasteiger partial charge in [-0.1, -0.05) is 154 Å². The molecule has 0 fully saturated rings. The van der Waals surface area contributed by atoms with Gasteiger partial charge in [-0.15, -0.1) is 0 Å². The van der Waals surface area contributed by atoms with Gasteiger partial charge in [-0.3, -0.25) is 23.4 Å². The Morgan fingerprint density at radius 2 is 0.893 bits per heavy atom. The molecule has 56 heavy (non-hydrogen) atoms. The first-order valence-corrected chi connectivity index (χ1v) is 23.9. The highest BCUT2D eigenvalue weighted by atomic mass is 31.2. The van der Waals surface area contributed by atoms with Gasteiger partial charge in [0.1, 0.15) is 12.6 Å². The van der Waals surface area contributed by atoms with Crippen LogP contribution in [0.4, 0.5) is 0 Å². The predicted octanol–water partition coefficient (Wildman–Crippen LogP) is 11.8. The van der Waals surface area contributed by atoms with E-state index in [0.29, 0.717) is 12.8 Å². The van der Waals surface area contributed by atoms with E-state index in [1.165, 1.54) is 122 Å². The Labute approximate surface area is 340 Å². The third-order valence-electron chi connectivity index (χ3n) is 9.67. The maximum Gasteiger partial charge on any atom is 0.472 e. The molecule has 0 amide bonds. The molecule has 328 valence electrons. The van der Waals surface area contributed by atoms with Gasteiger partial charge in [0.25, 0.3) is 0 Å². The molecule has 0 aliphatic rings. The Balaban J connectivity index is 4.35. The normalized spacial score (nSPS) is 13.9. The molecule has 0 aliphatic carbocycles. The highest BCUT2D eigenvalue weighted by Crippen LogP contribution is 2.43. The second-order valence-electron chi connectivity index (χ2n) is 15.2. The summed E-state index contributed by atoms with van der Waals surface area (Å²) in [6.45, 7) is 2.79. The predicted molar refractivity (Wildman–Crippen MR) is 226 cm³/mol. The van der Waals surface area contributed by atoms with Crippen molar-refractivity contribution in [2.45, 2.75) is 219 Å². The second-order valence-corrected chi connectivity index (χ2v) is 16.6. The van der Waals surface area contributed by atoms with Gasteiger partial charge in [0.05, 0.1) is 13.2 Å². The summed E-state index contributed by atoms with van der Waals surface area (Å²) in [5.41, 5.74) is 5.33. The topological polar surface area (TPSA) is 172 Å². The van der Waals surface area contributed by atoms with Crippen LogP contribution in [0.2, 0.25) is 0 Å². The lowest BCUT2D eigenvalue weighted by atomic mass is 10.1. The van der Waals surface area contributed by atoms with E-state index >= 15 is 0 Å². The number of ether oxygens (including phenoxy) is 2. The molecule has 0 aromatic heterocycles. The number of rotatable bonds is 42. The van der Waals surface area contributed by atoms with Crippen molar-refractivity contribution in [3.05, 3.63) is 24.3 Å². The number of carbonyl (C=O) groups excluding carboxylic acids is 2. The highest BCUT2D eigenvalue weighted by Gasteiger charge is 2.28. The molecule has 0 heterocycles. The number of phosphoric ester groups is 1. The van der Waals surface area contributed by atoms with Gasteiger partial charge in [0.2, 0.25) is 0 Å². The van der Waals surface area contributed by atoms with Gasteiger partial charge in [-0.25, -0.2) is 4.57 Å². The van der Waals surface area contributed by atoms with Gasteiger partial charge < -0.3 is 25.2 Å². The number of hydrogen-bond donors (Lipinski definition) is 3. The molecule has 4 N–H and O–H groups in total. The fraction of sp³-hybridized carbons (Fsp3) is 0.841. The van der Waals surface area contributed by atoms with Crippen LogP contribution in [0.25, 0.3) is 0 Å². The molecular weight excluding hydrogens is 733 g/mol. The van der Waals surface area contributed by atoms with Crippen molar-refractivity contribution in [3.8, 4) is 0 Å². The van der Waals surface area contributed by atoms with E-state index in [2.05, 4.69) is 42.7 Å². The highest BCUT2D eigenvalue weighted by molar-refractivity contribution is 7.47. The van der Waals surface area contributed by atoms with E-state index in [4.69, 9.17) is 24.8 Å². The standard InChI is InChI=1S/C44H82NO10P/c1-3-5-7-9-11-13-15-17-19-20-22-23-25-27-29-31-33-35-42(46)52-37-40(38-53-56(50,51)54-39-41(45)44(48)49)55-43(47)36-34-32-30-28-26-24-21-18-16-14-12-10-8-6-4-2/h13,15,24,26,40-41H,3-12,14,16-23,25,27-39,45H2,1-2H3,(H,48,49)(H,50,51)/b15-13+,26-24+/t40-,41+/m1/s1. The van der Waals surface area contributed by atoms with Crippen LogP contribution in [0.15, 0.2) is 24.3 Å². The molecule has 3 atom stereocenters. The van der Waals surface area contributed by atoms with E-state index in [9.17, 15) is 23.8 Å². The van der Waals surface area contributed by atoms with Crippen molar-refractivity contribution in [3.63, 3.8) is 0 Å². The lowest BCUT2D eigenvalue weighted by Crippen LogP contribution is -2.34. The number of hydrogen-bond acceptors (Lipinski definition) is 9. The van der Waals surface area contributed by atoms with Gasteiger partial charge in [0, 0.05) is 12.8 Å². The van der Waals surface area contributed by atoms with Crippen molar-refractivity contribution in [2.24, 2.45) is 5.73 Å². The van der Waals surface area contributed by atoms with E-state index in [1.54, 1.807) is 0 Å². The first-order chi connectivity index (χ1) is 27.1. The summed E-state index contributed by atoms with van der Waals surface area (Å²) in [7, 11) is -4.72. The molecule has 0 saturated carbocycles. The number of carboxylic acids is 1. The van der Waals surface area contributed by atoms with E-state index in [1.807, 2.05) is 0 Å². The molecule has 0 bridgehead atoms. The summed E-state index contributed by atoms with van der Waals surface area (Å²) >= 11 is 0. The number of carboxylic acid groups (broad SMARTS) is 1. The van der Waals surface area contributed by atoms with Gasteiger partial charge in [0.15, 0.2) is 6.10 Å². The minimum absolute atomic E-state index is 0.143. The van der Waals surface area contributed by atoms with Crippen LogP contribution in [0, 0.1) is 0 Å². The SMILES string of the molecule is CCCCCC/C=C/CCCCCCCCCCCC(=O)OC[C@H](COP(=O)(O)OC[C@H](N)C(=O)O)OC(=O)CCCCC/C=C/CCCCCCCCCC. The molecule has 0 aromatic rings. The number of allylic oxidation sites excluding steroid dienone is 4. The molecule has 12 heteroatoms. The first kappa shape index (κ1) is 54.0. The quantitative estimate of drug-likeness (QED) is 0.0232. The largest absolute Gasteiger partial charge is 0.480 e. The van der Waals surface area contributed by atoms with Crippen molar-refractivity contribution in [2.75, 3.05) is 19.8 Å². The van der Waals surface area contributed by atoms with Crippen LogP contribution >= 0.6 is 7.82 Å². The zero-order valence-corrected chi connectivity index (χ0v) is 36.4. The fourth-order valence-corrected chi connectivity index (χ4v) is 6.89. The average molecular weight is 816 g/mol. The lowest BCUT2D eigenvalue weighted by molar-refractivity contribution is -0.161. The lowest BCUT2D eigenvalue weighted by Gasteiger charge is -2.20. The van der Waals surface area contributed by atoms with Gasteiger partial charge in [-0.05, 0) is 64.2 Å². The fourth-order valence-electron chi connectivity index (χ4n) is 6.11. The molecule has 11 nitrogen and oxygen atoms in total. The zero-order chi connectivity index (χ0) is 41.4. The monoisotopic (exact) mass is 816 g/mol. The van der Waals surface area contributed by atoms with Crippen molar-refractivity contribution in [1.82, 2.24) is 0 Å². The number of carbonyl (C=O) groups is 3. The van der Waals surface area contributed by atoms with Crippen LogP contribution in [-0.4, -0.2) is 59.9 Å². The Bertz CT molecular complexity index is 1050. The molecule has 0 aliphatic heterocycles. The number of esters is 2. The summed E-state index contributed by atoms with van der Waals surface area (Å²) in [5, 5.41) is 8.89. The third kappa shape index (κ3) is 38.8. The number of unbranched alkanes of at least 4 members (excludes halogenated alkanes) is 24. The number of phosphoric acid groups is 1. The Morgan fingerprint density at radius 1 is 0.536 bits per heavy atom. The van der Waals surface area contributed by atoms with Crippen LogP contribution in [0.5, 0.6) is 0 Å². The molecule has 0 rings (SSSR count). The van der Waals surface area contributed by atoms with E-state index in [0.717, 1.165) is 44.9 Å². The summed E-state index contributed by atoms with van der Waals surface area (Å²) in [4.78, 5) is 46.0.